The number of amides is 2. The van der Waals surface area contributed by atoms with Crippen molar-refractivity contribution in [2.45, 2.75) is 39.7 Å². The zero-order chi connectivity index (χ0) is 19.2. The number of hydrogen-bond acceptors (Lipinski definition) is 4. The third kappa shape index (κ3) is 4.76. The van der Waals surface area contributed by atoms with Crippen molar-refractivity contribution < 1.29 is 4.79 Å². The van der Waals surface area contributed by atoms with Crippen molar-refractivity contribution in [1.82, 2.24) is 20.2 Å². The highest BCUT2D eigenvalue weighted by Crippen LogP contribution is 2.20. The fraction of sp³-hybridized carbons (Fsp3) is 0.476. The molecular weight excluding hydrogens is 338 g/mol. The van der Waals surface area contributed by atoms with Gasteiger partial charge in [0.05, 0.1) is 11.7 Å². The topological polar surface area (TPSA) is 61.4 Å². The quantitative estimate of drug-likeness (QED) is 0.899. The van der Waals surface area contributed by atoms with E-state index >= 15 is 0 Å². The number of carbonyl (C=O) groups is 1. The first-order valence-corrected chi connectivity index (χ1v) is 9.72. The average Bonchev–Trinajstić information content (AvgIpc) is 2.92. The van der Waals surface area contributed by atoms with Crippen LogP contribution in [0.15, 0.2) is 36.8 Å². The fourth-order valence-electron chi connectivity index (χ4n) is 3.56. The average molecular weight is 367 g/mol. The molecule has 0 bridgehead atoms. The number of nitrogens with one attached hydrogen (secondary N) is 1. The molecule has 2 aromatic heterocycles. The van der Waals surface area contributed by atoms with Crippen LogP contribution in [0.5, 0.6) is 0 Å². The lowest BCUT2D eigenvalue weighted by Gasteiger charge is -2.26. The van der Waals surface area contributed by atoms with E-state index in [1.807, 2.05) is 36.4 Å². The molecule has 1 saturated heterocycles. The van der Waals surface area contributed by atoms with Gasteiger partial charge in [0, 0.05) is 50.5 Å². The molecule has 3 heterocycles. The van der Waals surface area contributed by atoms with Crippen LogP contribution in [0.25, 0.3) is 0 Å². The maximum Gasteiger partial charge on any atom is 0.317 e. The Morgan fingerprint density at radius 2 is 2.04 bits per heavy atom. The predicted molar refractivity (Wildman–Crippen MR) is 108 cm³/mol. The molecular formula is C21H29N5O. The summed E-state index contributed by atoms with van der Waals surface area (Å²) in [6.45, 7) is 9.46. The van der Waals surface area contributed by atoms with Crippen LogP contribution in [0.4, 0.5) is 10.5 Å². The summed E-state index contributed by atoms with van der Waals surface area (Å²) in [7, 11) is 0. The van der Waals surface area contributed by atoms with Gasteiger partial charge in [0.15, 0.2) is 0 Å². The van der Waals surface area contributed by atoms with Gasteiger partial charge >= 0.3 is 6.03 Å². The highest BCUT2D eigenvalue weighted by molar-refractivity contribution is 5.75. The van der Waals surface area contributed by atoms with Gasteiger partial charge in [0.2, 0.25) is 0 Å². The van der Waals surface area contributed by atoms with E-state index in [-0.39, 0.29) is 12.1 Å². The first kappa shape index (κ1) is 19.1. The molecule has 27 heavy (non-hydrogen) atoms. The number of anilines is 1. The van der Waals surface area contributed by atoms with Gasteiger partial charge in [-0.15, -0.1) is 0 Å². The van der Waals surface area contributed by atoms with Crippen LogP contribution in [-0.4, -0.2) is 47.1 Å². The molecule has 1 aliphatic rings. The molecule has 0 spiro atoms. The van der Waals surface area contributed by atoms with E-state index in [0.717, 1.165) is 43.7 Å². The molecule has 0 aliphatic carbocycles. The SMILES string of the molecule is CC[C@H](NC(=O)N1CCCN(c2ccncc2C)CC1)c1cc(C)ccn1. The number of rotatable bonds is 4. The minimum absolute atomic E-state index is 0.00143. The number of nitrogens with zero attached hydrogens (tertiary/aromatic N) is 4. The zero-order valence-electron chi connectivity index (χ0n) is 16.5. The molecule has 3 rings (SSSR count). The summed E-state index contributed by atoms with van der Waals surface area (Å²) in [5.74, 6) is 0. The Labute approximate surface area is 161 Å². The maximum absolute atomic E-state index is 12.8. The number of carbonyl (C=O) groups excluding carboxylic acids is 1. The second-order valence-corrected chi connectivity index (χ2v) is 7.16. The monoisotopic (exact) mass is 367 g/mol. The molecule has 2 amide bonds. The van der Waals surface area contributed by atoms with Crippen LogP contribution < -0.4 is 10.2 Å². The second kappa shape index (κ2) is 8.84. The molecule has 2 aromatic rings. The smallest absolute Gasteiger partial charge is 0.317 e. The maximum atomic E-state index is 12.8. The summed E-state index contributed by atoms with van der Waals surface area (Å²) >= 11 is 0. The van der Waals surface area contributed by atoms with Gasteiger partial charge in [0.1, 0.15) is 0 Å². The van der Waals surface area contributed by atoms with Crippen molar-refractivity contribution in [3.05, 3.63) is 53.6 Å². The number of hydrogen-bond donors (Lipinski definition) is 1. The van der Waals surface area contributed by atoms with E-state index in [9.17, 15) is 4.79 Å². The molecule has 6 heteroatoms. The molecule has 1 fully saturated rings. The molecule has 0 unspecified atom stereocenters. The molecule has 0 aromatic carbocycles. The third-order valence-corrected chi connectivity index (χ3v) is 5.11. The summed E-state index contributed by atoms with van der Waals surface area (Å²) in [6, 6.07) is 6.02. The molecule has 1 N–H and O–H groups in total. The van der Waals surface area contributed by atoms with Crippen molar-refractivity contribution in [1.29, 1.82) is 0 Å². The summed E-state index contributed by atoms with van der Waals surface area (Å²) in [6.07, 6.45) is 7.30. The van der Waals surface area contributed by atoms with E-state index < -0.39 is 0 Å². The lowest BCUT2D eigenvalue weighted by Crippen LogP contribution is -2.43. The number of aryl methyl sites for hydroxylation is 2. The molecule has 144 valence electrons. The van der Waals surface area contributed by atoms with Crippen LogP contribution in [0.3, 0.4) is 0 Å². The van der Waals surface area contributed by atoms with Gasteiger partial charge in [-0.2, -0.15) is 0 Å². The van der Waals surface area contributed by atoms with Crippen molar-refractivity contribution in [3.63, 3.8) is 0 Å². The zero-order valence-corrected chi connectivity index (χ0v) is 16.5. The molecule has 1 aliphatic heterocycles. The van der Waals surface area contributed by atoms with Gasteiger partial charge in [-0.1, -0.05) is 6.92 Å². The number of urea groups is 1. The Kier molecular flexibility index (Phi) is 6.27. The third-order valence-electron chi connectivity index (χ3n) is 5.11. The molecule has 1 atom stereocenters. The normalized spacial score (nSPS) is 16.0. The van der Waals surface area contributed by atoms with Crippen LogP contribution in [0, 0.1) is 13.8 Å². The minimum atomic E-state index is -0.0563. The minimum Gasteiger partial charge on any atom is -0.369 e. The lowest BCUT2D eigenvalue weighted by molar-refractivity contribution is 0.196. The van der Waals surface area contributed by atoms with E-state index in [1.165, 1.54) is 11.3 Å². The van der Waals surface area contributed by atoms with E-state index in [2.05, 4.69) is 40.1 Å². The van der Waals surface area contributed by atoms with Crippen molar-refractivity contribution in [2.24, 2.45) is 0 Å². The highest BCUT2D eigenvalue weighted by atomic mass is 16.2. The van der Waals surface area contributed by atoms with Crippen LogP contribution in [0.2, 0.25) is 0 Å². The Hall–Kier alpha value is -2.63. The summed E-state index contributed by atoms with van der Waals surface area (Å²) in [4.78, 5) is 25.7. The van der Waals surface area contributed by atoms with Crippen molar-refractivity contribution in [3.8, 4) is 0 Å². The van der Waals surface area contributed by atoms with Crippen molar-refractivity contribution >= 4 is 11.7 Å². The largest absolute Gasteiger partial charge is 0.369 e. The Balaban J connectivity index is 1.63. The standard InChI is InChI=1S/C21H29N5O/c1-4-18(19-14-16(2)6-9-23-19)24-21(27)26-11-5-10-25(12-13-26)20-7-8-22-15-17(20)3/h6-9,14-15,18H,4-5,10-13H2,1-3H3,(H,24,27)/t18-/m0/s1. The van der Waals surface area contributed by atoms with E-state index in [1.54, 1.807) is 6.20 Å². The van der Waals surface area contributed by atoms with Crippen LogP contribution >= 0.6 is 0 Å². The fourth-order valence-corrected chi connectivity index (χ4v) is 3.56. The van der Waals surface area contributed by atoms with E-state index in [0.29, 0.717) is 6.54 Å². The summed E-state index contributed by atoms with van der Waals surface area (Å²) < 4.78 is 0. The van der Waals surface area contributed by atoms with Crippen molar-refractivity contribution in [2.75, 3.05) is 31.1 Å². The first-order chi connectivity index (χ1) is 13.1. The van der Waals surface area contributed by atoms with Gasteiger partial charge in [-0.3, -0.25) is 9.97 Å². The molecule has 6 nitrogen and oxygen atoms in total. The summed E-state index contributed by atoms with van der Waals surface area (Å²) in [5, 5.41) is 3.17. The van der Waals surface area contributed by atoms with Crippen LogP contribution in [-0.2, 0) is 0 Å². The van der Waals surface area contributed by atoms with E-state index in [4.69, 9.17) is 0 Å². The first-order valence-electron chi connectivity index (χ1n) is 9.72. The number of pyridine rings is 2. The Bertz CT molecular complexity index is 779. The van der Waals surface area contributed by atoms with Gasteiger partial charge in [-0.25, -0.2) is 4.79 Å². The van der Waals surface area contributed by atoms with Crippen LogP contribution in [0.1, 0.15) is 42.6 Å². The summed E-state index contributed by atoms with van der Waals surface area (Å²) in [5.41, 5.74) is 4.47. The van der Waals surface area contributed by atoms with Gasteiger partial charge in [0.25, 0.3) is 0 Å². The lowest BCUT2D eigenvalue weighted by atomic mass is 10.1. The Morgan fingerprint density at radius 1 is 1.19 bits per heavy atom. The molecule has 0 saturated carbocycles. The molecule has 0 radical (unpaired) electrons. The predicted octanol–water partition coefficient (Wildman–Crippen LogP) is 3.47. The second-order valence-electron chi connectivity index (χ2n) is 7.16. The highest BCUT2D eigenvalue weighted by Gasteiger charge is 2.22. The Morgan fingerprint density at radius 3 is 2.78 bits per heavy atom. The van der Waals surface area contributed by atoms with Gasteiger partial charge < -0.3 is 15.1 Å². The number of aromatic nitrogens is 2. The van der Waals surface area contributed by atoms with Gasteiger partial charge in [-0.05, 0) is 56.0 Å².